The number of carbonyl (C=O) groups excluding carboxylic acids is 1. The molecule has 1 amide bonds. The minimum atomic E-state index is 0.0108. The largest absolute Gasteiger partial charge is 0.339 e. The molecule has 0 radical (unpaired) electrons. The number of likely N-dealkylation sites (tertiary alicyclic amines) is 1. The molecule has 2 aromatic rings. The van der Waals surface area contributed by atoms with Crippen molar-refractivity contribution in [2.24, 2.45) is 11.7 Å². The summed E-state index contributed by atoms with van der Waals surface area (Å²) in [4.78, 5) is 19.0. The molecule has 0 unspecified atom stereocenters. The van der Waals surface area contributed by atoms with Gasteiger partial charge in [-0.05, 0) is 43.5 Å². The van der Waals surface area contributed by atoms with E-state index in [0.717, 1.165) is 31.3 Å². The zero-order valence-electron chi connectivity index (χ0n) is 11.8. The minimum Gasteiger partial charge on any atom is -0.339 e. The average Bonchev–Trinajstić information content (AvgIpc) is 2.53. The van der Waals surface area contributed by atoms with Gasteiger partial charge in [0.25, 0.3) is 5.91 Å². The second kappa shape index (κ2) is 6.00. The molecule has 3 rings (SSSR count). The summed E-state index contributed by atoms with van der Waals surface area (Å²) in [6.45, 7) is 2.20. The number of aromatic nitrogens is 1. The first-order chi connectivity index (χ1) is 10.2. The van der Waals surface area contributed by atoms with E-state index < -0.39 is 0 Å². The molecule has 110 valence electrons. The zero-order chi connectivity index (χ0) is 14.8. The van der Waals surface area contributed by atoms with Crippen molar-refractivity contribution in [3.63, 3.8) is 0 Å². The number of carbonyl (C=O) groups is 1. The summed E-state index contributed by atoms with van der Waals surface area (Å²) in [5, 5.41) is 1.46. The molecule has 1 aliphatic rings. The number of hydrogen-bond acceptors (Lipinski definition) is 3. The van der Waals surface area contributed by atoms with Gasteiger partial charge in [0.2, 0.25) is 0 Å². The van der Waals surface area contributed by atoms with E-state index in [1.807, 2.05) is 23.1 Å². The quantitative estimate of drug-likeness (QED) is 0.928. The third-order valence-electron chi connectivity index (χ3n) is 4.14. The van der Waals surface area contributed by atoms with Crippen LogP contribution in [0.4, 0.5) is 0 Å². The van der Waals surface area contributed by atoms with Crippen molar-refractivity contribution < 1.29 is 4.79 Å². The predicted molar refractivity (Wildman–Crippen MR) is 84.4 cm³/mol. The molecule has 21 heavy (non-hydrogen) atoms. The summed E-state index contributed by atoms with van der Waals surface area (Å²) in [6, 6.07) is 7.32. The van der Waals surface area contributed by atoms with Gasteiger partial charge in [0.05, 0.1) is 11.1 Å². The Morgan fingerprint density at radius 3 is 2.86 bits per heavy atom. The Hall–Kier alpha value is -1.65. The maximum Gasteiger partial charge on any atom is 0.256 e. The monoisotopic (exact) mass is 303 g/mol. The van der Waals surface area contributed by atoms with E-state index in [9.17, 15) is 4.79 Å². The van der Waals surface area contributed by atoms with Crippen LogP contribution < -0.4 is 5.73 Å². The Morgan fingerprint density at radius 2 is 2.14 bits per heavy atom. The second-order valence-electron chi connectivity index (χ2n) is 5.50. The summed E-state index contributed by atoms with van der Waals surface area (Å²) in [7, 11) is 0. The fourth-order valence-electron chi connectivity index (χ4n) is 2.86. The predicted octanol–water partition coefficient (Wildman–Crippen LogP) is 2.70. The highest BCUT2D eigenvalue weighted by molar-refractivity contribution is 6.32. The van der Waals surface area contributed by atoms with Crippen molar-refractivity contribution in [1.29, 1.82) is 0 Å². The topological polar surface area (TPSA) is 59.2 Å². The number of fused-ring (bicyclic) bond motifs is 1. The van der Waals surface area contributed by atoms with Crippen molar-refractivity contribution in [2.45, 2.75) is 12.8 Å². The Balaban J connectivity index is 1.91. The van der Waals surface area contributed by atoms with E-state index in [0.29, 0.717) is 28.6 Å². The van der Waals surface area contributed by atoms with E-state index in [1.54, 1.807) is 12.3 Å². The molecule has 1 aromatic carbocycles. The highest BCUT2D eigenvalue weighted by atomic mass is 35.5. The van der Waals surface area contributed by atoms with Gasteiger partial charge in [0.15, 0.2) is 0 Å². The molecule has 0 spiro atoms. The molecular formula is C16H18ClN3O. The number of nitrogens with zero attached hydrogens (tertiary/aromatic N) is 2. The Kier molecular flexibility index (Phi) is 4.08. The molecule has 0 atom stereocenters. The first-order valence-corrected chi connectivity index (χ1v) is 7.60. The molecule has 0 aliphatic carbocycles. The Morgan fingerprint density at radius 1 is 1.38 bits per heavy atom. The van der Waals surface area contributed by atoms with Gasteiger partial charge in [-0.15, -0.1) is 0 Å². The summed E-state index contributed by atoms with van der Waals surface area (Å²) >= 11 is 6.14. The molecule has 1 saturated heterocycles. The van der Waals surface area contributed by atoms with Crippen LogP contribution in [-0.2, 0) is 0 Å². The van der Waals surface area contributed by atoms with E-state index in [2.05, 4.69) is 4.98 Å². The normalized spacial score (nSPS) is 16.4. The van der Waals surface area contributed by atoms with Gasteiger partial charge in [-0.2, -0.15) is 0 Å². The maximum absolute atomic E-state index is 12.8. The van der Waals surface area contributed by atoms with E-state index in [4.69, 9.17) is 17.3 Å². The molecular weight excluding hydrogens is 286 g/mol. The molecule has 2 N–H and O–H groups in total. The van der Waals surface area contributed by atoms with Gasteiger partial charge in [-0.3, -0.25) is 9.78 Å². The van der Waals surface area contributed by atoms with E-state index >= 15 is 0 Å². The molecule has 1 aliphatic heterocycles. The van der Waals surface area contributed by atoms with Gasteiger partial charge in [0.1, 0.15) is 0 Å². The van der Waals surface area contributed by atoms with Crippen LogP contribution in [0.25, 0.3) is 10.9 Å². The van der Waals surface area contributed by atoms with Gasteiger partial charge in [0, 0.05) is 29.7 Å². The standard InChI is InChI=1S/C16H18ClN3O/c17-13-8-12-2-1-5-19-15(12)14(9-13)16(21)20-6-3-11(10-18)4-7-20/h1-2,5,8-9,11H,3-4,6-7,10,18H2. The van der Waals surface area contributed by atoms with Gasteiger partial charge in [-0.1, -0.05) is 17.7 Å². The van der Waals surface area contributed by atoms with E-state index in [1.165, 1.54) is 0 Å². The number of nitrogens with two attached hydrogens (primary N) is 1. The smallest absolute Gasteiger partial charge is 0.256 e. The lowest BCUT2D eigenvalue weighted by atomic mass is 9.96. The number of benzene rings is 1. The second-order valence-corrected chi connectivity index (χ2v) is 5.94. The highest BCUT2D eigenvalue weighted by Gasteiger charge is 2.24. The first-order valence-electron chi connectivity index (χ1n) is 7.22. The SMILES string of the molecule is NCC1CCN(C(=O)c2cc(Cl)cc3cccnc23)CC1. The molecule has 0 bridgehead atoms. The number of pyridine rings is 1. The summed E-state index contributed by atoms with van der Waals surface area (Å²) < 4.78 is 0. The number of piperidine rings is 1. The maximum atomic E-state index is 12.8. The zero-order valence-corrected chi connectivity index (χ0v) is 12.5. The summed E-state index contributed by atoms with van der Waals surface area (Å²) in [6.07, 6.45) is 3.63. The van der Waals surface area contributed by atoms with Crippen molar-refractivity contribution in [2.75, 3.05) is 19.6 Å². The molecule has 1 aromatic heterocycles. The molecule has 2 heterocycles. The molecule has 4 nitrogen and oxygen atoms in total. The fourth-order valence-corrected chi connectivity index (χ4v) is 3.09. The lowest BCUT2D eigenvalue weighted by Crippen LogP contribution is -2.40. The molecule has 5 heteroatoms. The fraction of sp³-hybridized carbons (Fsp3) is 0.375. The van der Waals surface area contributed by atoms with Gasteiger partial charge < -0.3 is 10.6 Å². The van der Waals surface area contributed by atoms with Crippen LogP contribution in [0.2, 0.25) is 5.02 Å². The summed E-state index contributed by atoms with van der Waals surface area (Å²) in [5.74, 6) is 0.542. The number of rotatable bonds is 2. The van der Waals surface area contributed by atoms with Gasteiger partial charge in [-0.25, -0.2) is 0 Å². The lowest BCUT2D eigenvalue weighted by Gasteiger charge is -2.31. The minimum absolute atomic E-state index is 0.0108. The van der Waals surface area contributed by atoms with Crippen molar-refractivity contribution in [1.82, 2.24) is 9.88 Å². The van der Waals surface area contributed by atoms with Crippen molar-refractivity contribution in [3.8, 4) is 0 Å². The number of halogens is 1. The average molecular weight is 304 g/mol. The van der Waals surface area contributed by atoms with Crippen molar-refractivity contribution >= 4 is 28.4 Å². The first kappa shape index (κ1) is 14.3. The molecule has 1 fully saturated rings. The van der Waals surface area contributed by atoms with Crippen molar-refractivity contribution in [3.05, 3.63) is 41.0 Å². The van der Waals surface area contributed by atoms with Crippen LogP contribution in [0, 0.1) is 5.92 Å². The van der Waals surface area contributed by atoms with Gasteiger partial charge >= 0.3 is 0 Å². The van der Waals surface area contributed by atoms with E-state index in [-0.39, 0.29) is 5.91 Å². The Bertz CT molecular complexity index is 666. The number of amides is 1. The third-order valence-corrected chi connectivity index (χ3v) is 4.35. The third kappa shape index (κ3) is 2.87. The van der Waals surface area contributed by atoms with Crippen LogP contribution in [0.5, 0.6) is 0 Å². The van der Waals surface area contributed by atoms with Crippen LogP contribution in [-0.4, -0.2) is 35.4 Å². The highest BCUT2D eigenvalue weighted by Crippen LogP contribution is 2.25. The van der Waals surface area contributed by atoms with Crippen LogP contribution in [0.3, 0.4) is 0 Å². The number of hydrogen-bond donors (Lipinski definition) is 1. The van der Waals surface area contributed by atoms with Crippen LogP contribution >= 0.6 is 11.6 Å². The summed E-state index contributed by atoms with van der Waals surface area (Å²) in [5.41, 5.74) is 7.00. The lowest BCUT2D eigenvalue weighted by molar-refractivity contribution is 0.0695. The van der Waals surface area contributed by atoms with Crippen LogP contribution in [0.15, 0.2) is 30.5 Å². The Labute approximate surface area is 128 Å². The molecule has 0 saturated carbocycles. The van der Waals surface area contributed by atoms with Crippen LogP contribution in [0.1, 0.15) is 23.2 Å².